The number of thiazole rings is 1. The first kappa shape index (κ1) is 13.8. The Labute approximate surface area is 132 Å². The average Bonchev–Trinajstić information content (AvgIpc) is 2.92. The Kier molecular flexibility index (Phi) is 3.46. The largest absolute Gasteiger partial charge is 0.299 e. The van der Waals surface area contributed by atoms with Crippen molar-refractivity contribution in [3.63, 3.8) is 0 Å². The van der Waals surface area contributed by atoms with Crippen molar-refractivity contribution in [2.45, 2.75) is 6.54 Å². The highest BCUT2D eigenvalue weighted by Crippen LogP contribution is 2.41. The number of hydrogen-bond acceptors (Lipinski definition) is 4. The molecular formula is C12H5Cl3N2O2S. The van der Waals surface area contributed by atoms with Crippen LogP contribution in [0.1, 0.15) is 15.2 Å². The fourth-order valence-electron chi connectivity index (χ4n) is 2.02. The maximum atomic E-state index is 12.1. The number of aromatic nitrogens is 1. The fourth-order valence-corrected chi connectivity index (χ4v) is 3.48. The van der Waals surface area contributed by atoms with Crippen molar-refractivity contribution in [1.29, 1.82) is 0 Å². The van der Waals surface area contributed by atoms with Crippen molar-refractivity contribution in [3.8, 4) is 0 Å². The van der Waals surface area contributed by atoms with Crippen LogP contribution in [0.3, 0.4) is 0 Å². The number of benzene rings is 1. The van der Waals surface area contributed by atoms with Gasteiger partial charge in [-0.15, -0.1) is 11.3 Å². The third-order valence-electron chi connectivity index (χ3n) is 2.85. The summed E-state index contributed by atoms with van der Waals surface area (Å²) >= 11 is 19.1. The highest BCUT2D eigenvalue weighted by molar-refractivity contribution is 7.15. The highest BCUT2D eigenvalue weighted by Gasteiger charge is 2.39. The number of halogens is 3. The van der Waals surface area contributed by atoms with Gasteiger partial charge in [-0.1, -0.05) is 34.8 Å². The quantitative estimate of drug-likeness (QED) is 0.776. The average molecular weight is 348 g/mol. The van der Waals surface area contributed by atoms with Gasteiger partial charge in [0.2, 0.25) is 0 Å². The predicted octanol–water partition coefficient (Wildman–Crippen LogP) is 3.83. The number of carbonyl (C=O) groups is 2. The van der Waals surface area contributed by atoms with Gasteiger partial charge in [0.05, 0.1) is 27.8 Å². The molecule has 2 heterocycles. The first-order valence-electron chi connectivity index (χ1n) is 5.43. The number of fused-ring (bicyclic) bond motifs is 1. The van der Waals surface area contributed by atoms with Gasteiger partial charge < -0.3 is 0 Å². The minimum absolute atomic E-state index is 0.153. The molecule has 1 aliphatic heterocycles. The molecule has 2 aromatic rings. The number of ketones is 1. The third-order valence-corrected chi connectivity index (χ3v) is 4.57. The molecule has 0 spiro atoms. The Bertz CT molecular complexity index is 744. The normalized spacial score (nSPS) is 14.1. The van der Waals surface area contributed by atoms with E-state index in [9.17, 15) is 9.59 Å². The molecule has 0 radical (unpaired) electrons. The monoisotopic (exact) mass is 346 g/mol. The van der Waals surface area contributed by atoms with Gasteiger partial charge in [0, 0.05) is 11.1 Å². The van der Waals surface area contributed by atoms with Crippen LogP contribution >= 0.6 is 46.1 Å². The maximum Gasteiger partial charge on any atom is 0.299 e. The maximum absolute atomic E-state index is 12.1. The van der Waals surface area contributed by atoms with Gasteiger partial charge in [-0.3, -0.25) is 14.5 Å². The van der Waals surface area contributed by atoms with Crippen molar-refractivity contribution in [2.24, 2.45) is 0 Å². The van der Waals surface area contributed by atoms with E-state index in [0.717, 1.165) is 4.88 Å². The molecule has 8 heteroatoms. The molecule has 0 saturated heterocycles. The second-order valence-corrected chi connectivity index (χ2v) is 6.56. The molecule has 1 amide bonds. The molecule has 1 aliphatic rings. The predicted molar refractivity (Wildman–Crippen MR) is 79.1 cm³/mol. The lowest BCUT2D eigenvalue weighted by Crippen LogP contribution is -2.28. The van der Waals surface area contributed by atoms with Crippen LogP contribution in [0.4, 0.5) is 5.69 Å². The van der Waals surface area contributed by atoms with Gasteiger partial charge in [-0.05, 0) is 12.1 Å². The van der Waals surface area contributed by atoms with E-state index < -0.39 is 11.7 Å². The molecule has 0 aliphatic carbocycles. The molecule has 0 unspecified atom stereocenters. The molecule has 0 bridgehead atoms. The summed E-state index contributed by atoms with van der Waals surface area (Å²) < 4.78 is 0.371. The molecule has 20 heavy (non-hydrogen) atoms. The molecule has 0 atom stereocenters. The number of nitrogens with zero attached hydrogens (tertiary/aromatic N) is 2. The number of carbonyl (C=O) groups excluding carboxylic acids is 2. The van der Waals surface area contributed by atoms with Gasteiger partial charge >= 0.3 is 0 Å². The topological polar surface area (TPSA) is 50.3 Å². The van der Waals surface area contributed by atoms with Crippen LogP contribution < -0.4 is 4.90 Å². The van der Waals surface area contributed by atoms with E-state index in [0.29, 0.717) is 15.2 Å². The van der Waals surface area contributed by atoms with Gasteiger partial charge in [0.15, 0.2) is 4.47 Å². The van der Waals surface area contributed by atoms with Crippen molar-refractivity contribution >= 4 is 63.5 Å². The Morgan fingerprint density at radius 3 is 2.50 bits per heavy atom. The van der Waals surface area contributed by atoms with E-state index in [4.69, 9.17) is 34.8 Å². The molecule has 0 saturated carbocycles. The van der Waals surface area contributed by atoms with E-state index in [1.807, 2.05) is 0 Å². The van der Waals surface area contributed by atoms with Crippen LogP contribution in [0.25, 0.3) is 0 Å². The lowest BCUT2D eigenvalue weighted by Gasteiger charge is -2.16. The summed E-state index contributed by atoms with van der Waals surface area (Å²) in [5.41, 5.74) is 0.499. The van der Waals surface area contributed by atoms with Gasteiger partial charge in [0.1, 0.15) is 0 Å². The molecule has 3 rings (SSSR count). The van der Waals surface area contributed by atoms with E-state index in [2.05, 4.69) is 4.98 Å². The first-order valence-corrected chi connectivity index (χ1v) is 7.38. The number of rotatable bonds is 2. The zero-order valence-electron chi connectivity index (χ0n) is 9.69. The Morgan fingerprint density at radius 2 is 1.85 bits per heavy atom. The Hall–Kier alpha value is -1.14. The molecule has 0 fully saturated rings. The summed E-state index contributed by atoms with van der Waals surface area (Å²) in [5, 5.41) is 0.520. The van der Waals surface area contributed by atoms with Crippen LogP contribution in [0.15, 0.2) is 18.3 Å². The molecular weight excluding hydrogens is 343 g/mol. The lowest BCUT2D eigenvalue weighted by molar-refractivity contribution is -0.114. The van der Waals surface area contributed by atoms with Crippen molar-refractivity contribution < 1.29 is 9.59 Å². The highest BCUT2D eigenvalue weighted by atomic mass is 35.5. The van der Waals surface area contributed by atoms with E-state index in [-0.39, 0.29) is 17.1 Å². The number of hydrogen-bond donors (Lipinski definition) is 0. The van der Waals surface area contributed by atoms with E-state index >= 15 is 0 Å². The standard InChI is InChI=1S/C12H5Cl3N2O2S/c13-6-1-2-7(14)9-8(6)10(18)11(19)17(9)4-5-3-16-12(15)20-5/h1-3H,4H2. The summed E-state index contributed by atoms with van der Waals surface area (Å²) in [6.45, 7) is 0.183. The minimum atomic E-state index is -0.653. The number of Topliss-reactive ketones (excluding diaryl/α,β-unsaturated/α-hetero) is 1. The SMILES string of the molecule is O=C1C(=O)N(Cc2cnc(Cl)s2)c2c(Cl)ccc(Cl)c21. The zero-order valence-corrected chi connectivity index (χ0v) is 12.8. The Balaban J connectivity index is 2.08. The van der Waals surface area contributed by atoms with Gasteiger partial charge in [-0.2, -0.15) is 0 Å². The summed E-state index contributed by atoms with van der Waals surface area (Å²) in [6.07, 6.45) is 1.56. The number of amides is 1. The van der Waals surface area contributed by atoms with Crippen molar-refractivity contribution in [2.75, 3.05) is 4.90 Å². The lowest BCUT2D eigenvalue weighted by atomic mass is 10.1. The Morgan fingerprint density at radius 1 is 1.15 bits per heavy atom. The second kappa shape index (κ2) is 5.00. The van der Waals surface area contributed by atoms with E-state index in [1.54, 1.807) is 12.3 Å². The van der Waals surface area contributed by atoms with Crippen LogP contribution in [0, 0.1) is 0 Å². The fraction of sp³-hybridized carbons (Fsp3) is 0.0833. The molecule has 1 aromatic heterocycles. The summed E-state index contributed by atoms with van der Waals surface area (Å²) in [7, 11) is 0. The van der Waals surface area contributed by atoms with Crippen LogP contribution in [-0.2, 0) is 11.3 Å². The molecule has 4 nitrogen and oxygen atoms in total. The zero-order chi connectivity index (χ0) is 14.4. The number of anilines is 1. The smallest absolute Gasteiger partial charge is 0.298 e. The summed E-state index contributed by atoms with van der Waals surface area (Å²) in [5.74, 6) is -1.30. The second-order valence-electron chi connectivity index (χ2n) is 4.05. The van der Waals surface area contributed by atoms with Crippen LogP contribution in [-0.4, -0.2) is 16.7 Å². The molecule has 1 aromatic carbocycles. The molecule has 0 N–H and O–H groups in total. The van der Waals surface area contributed by atoms with Crippen molar-refractivity contribution in [1.82, 2.24) is 4.98 Å². The van der Waals surface area contributed by atoms with E-state index in [1.165, 1.54) is 22.3 Å². The first-order chi connectivity index (χ1) is 9.49. The molecule has 102 valence electrons. The van der Waals surface area contributed by atoms with Gasteiger partial charge in [-0.25, -0.2) is 4.98 Å². The van der Waals surface area contributed by atoms with Crippen LogP contribution in [0.5, 0.6) is 0 Å². The summed E-state index contributed by atoms with van der Waals surface area (Å²) in [4.78, 5) is 30.0. The summed E-state index contributed by atoms with van der Waals surface area (Å²) in [6, 6.07) is 3.06. The third kappa shape index (κ3) is 2.11. The minimum Gasteiger partial charge on any atom is -0.298 e. The van der Waals surface area contributed by atoms with Crippen molar-refractivity contribution in [3.05, 3.63) is 43.3 Å². The van der Waals surface area contributed by atoms with Crippen LogP contribution in [0.2, 0.25) is 14.5 Å². The van der Waals surface area contributed by atoms with Gasteiger partial charge in [0.25, 0.3) is 11.7 Å².